The normalized spacial score (nSPS) is 11.7. The van der Waals surface area contributed by atoms with Crippen molar-refractivity contribution in [3.63, 3.8) is 0 Å². The van der Waals surface area contributed by atoms with Gasteiger partial charge < -0.3 is 10.1 Å². The van der Waals surface area contributed by atoms with Crippen LogP contribution in [-0.2, 0) is 16.6 Å². The number of halogens is 2. The fourth-order valence-electron chi connectivity index (χ4n) is 2.79. The third-order valence-electron chi connectivity index (χ3n) is 4.40. The first-order chi connectivity index (χ1) is 13.7. The van der Waals surface area contributed by atoms with Gasteiger partial charge in [-0.15, -0.1) is 0 Å². The van der Waals surface area contributed by atoms with E-state index in [0.29, 0.717) is 24.2 Å². The molecule has 0 radical (unpaired) electrons. The average molecular weight is 426 g/mol. The number of hydrogen-bond acceptors (Lipinski definition) is 4. The molecule has 2 aromatic carbocycles. The van der Waals surface area contributed by atoms with Crippen LogP contribution in [-0.4, -0.2) is 38.3 Å². The summed E-state index contributed by atoms with van der Waals surface area (Å²) in [6, 6.07) is 10.4. The van der Waals surface area contributed by atoms with Crippen LogP contribution in [0.3, 0.4) is 0 Å². The molecule has 0 bridgehead atoms. The lowest BCUT2D eigenvalue weighted by Crippen LogP contribution is -2.31. The fraction of sp³-hybridized carbons (Fsp3) is 0.350. The van der Waals surface area contributed by atoms with Gasteiger partial charge in [0.15, 0.2) is 0 Å². The molecule has 0 unspecified atom stereocenters. The van der Waals surface area contributed by atoms with Crippen molar-refractivity contribution in [3.8, 4) is 5.75 Å². The predicted octanol–water partition coefficient (Wildman–Crippen LogP) is 3.56. The van der Waals surface area contributed by atoms with Crippen LogP contribution in [0.5, 0.6) is 5.75 Å². The highest BCUT2D eigenvalue weighted by molar-refractivity contribution is 7.89. The van der Waals surface area contributed by atoms with Crippen molar-refractivity contribution in [3.05, 3.63) is 59.2 Å². The van der Waals surface area contributed by atoms with Gasteiger partial charge in [-0.25, -0.2) is 8.42 Å². The van der Waals surface area contributed by atoms with Crippen molar-refractivity contribution in [2.75, 3.05) is 13.1 Å². The van der Waals surface area contributed by atoms with E-state index in [1.807, 2.05) is 0 Å². The maximum atomic E-state index is 12.7. The maximum Gasteiger partial charge on any atom is 0.387 e. The summed E-state index contributed by atoms with van der Waals surface area (Å²) >= 11 is 0. The van der Waals surface area contributed by atoms with E-state index in [4.69, 9.17) is 0 Å². The van der Waals surface area contributed by atoms with Crippen LogP contribution in [0.25, 0.3) is 0 Å². The molecule has 0 aromatic heterocycles. The molecule has 2 aromatic rings. The number of carbonyl (C=O) groups is 1. The van der Waals surface area contributed by atoms with Gasteiger partial charge in [-0.3, -0.25) is 4.79 Å². The molecule has 0 heterocycles. The van der Waals surface area contributed by atoms with Crippen LogP contribution >= 0.6 is 0 Å². The fourth-order valence-corrected chi connectivity index (χ4v) is 4.27. The maximum absolute atomic E-state index is 12.7. The van der Waals surface area contributed by atoms with Crippen LogP contribution in [0.1, 0.15) is 35.3 Å². The second kappa shape index (κ2) is 9.80. The standard InChI is InChI=1S/C20H24F2N2O4S/c1-4-24(5-2)29(26,27)17-11-6-14(3)18(12-17)19(25)23-13-15-7-9-16(10-8-15)28-20(21)22/h6-12,20H,4-5,13H2,1-3H3,(H,23,25). The van der Waals surface area contributed by atoms with Crippen LogP contribution in [0.15, 0.2) is 47.4 Å². The molecule has 1 amide bonds. The van der Waals surface area contributed by atoms with Crippen molar-refractivity contribution in [2.24, 2.45) is 0 Å². The Balaban J connectivity index is 2.15. The number of carbonyl (C=O) groups excluding carboxylic acids is 1. The number of nitrogens with zero attached hydrogens (tertiary/aromatic N) is 1. The number of amides is 1. The lowest BCUT2D eigenvalue weighted by atomic mass is 10.1. The summed E-state index contributed by atoms with van der Waals surface area (Å²) in [6.07, 6.45) is 0. The van der Waals surface area contributed by atoms with Crippen LogP contribution in [0.4, 0.5) is 8.78 Å². The van der Waals surface area contributed by atoms with Crippen LogP contribution in [0.2, 0.25) is 0 Å². The molecule has 158 valence electrons. The molecule has 0 spiro atoms. The van der Waals surface area contributed by atoms with E-state index in [9.17, 15) is 22.0 Å². The van der Waals surface area contributed by atoms with Crippen molar-refractivity contribution in [2.45, 2.75) is 38.8 Å². The monoisotopic (exact) mass is 426 g/mol. The minimum absolute atomic E-state index is 0.0280. The van der Waals surface area contributed by atoms with Gasteiger partial charge in [0.1, 0.15) is 5.75 Å². The Kier molecular flexibility index (Phi) is 7.69. The smallest absolute Gasteiger partial charge is 0.387 e. The molecule has 9 heteroatoms. The number of rotatable bonds is 9. The Morgan fingerprint density at radius 1 is 1.10 bits per heavy atom. The minimum Gasteiger partial charge on any atom is -0.435 e. The lowest BCUT2D eigenvalue weighted by Gasteiger charge is -2.19. The summed E-state index contributed by atoms with van der Waals surface area (Å²) in [5.74, 6) is -0.396. The molecular formula is C20H24F2N2O4S. The van der Waals surface area contributed by atoms with Crippen LogP contribution < -0.4 is 10.1 Å². The van der Waals surface area contributed by atoms with E-state index >= 15 is 0 Å². The Morgan fingerprint density at radius 3 is 2.28 bits per heavy atom. The Morgan fingerprint density at radius 2 is 1.72 bits per heavy atom. The summed E-state index contributed by atoms with van der Waals surface area (Å²) in [4.78, 5) is 12.7. The number of nitrogens with one attached hydrogen (secondary N) is 1. The Labute approximate surface area is 169 Å². The van der Waals surface area contributed by atoms with Crippen molar-refractivity contribution in [1.82, 2.24) is 9.62 Å². The molecule has 6 nitrogen and oxygen atoms in total. The lowest BCUT2D eigenvalue weighted by molar-refractivity contribution is -0.0498. The molecule has 1 N–H and O–H groups in total. The zero-order valence-corrected chi connectivity index (χ0v) is 17.3. The summed E-state index contributed by atoms with van der Waals surface area (Å²) in [5, 5.41) is 2.72. The third-order valence-corrected chi connectivity index (χ3v) is 6.44. The van der Waals surface area contributed by atoms with Gasteiger partial charge in [0, 0.05) is 25.2 Å². The number of aryl methyl sites for hydroxylation is 1. The van der Waals surface area contributed by atoms with Crippen molar-refractivity contribution >= 4 is 15.9 Å². The molecule has 0 fully saturated rings. The summed E-state index contributed by atoms with van der Waals surface area (Å²) < 4.78 is 55.4. The highest BCUT2D eigenvalue weighted by atomic mass is 32.2. The van der Waals surface area contributed by atoms with E-state index < -0.39 is 22.5 Å². The molecule has 0 aliphatic rings. The highest BCUT2D eigenvalue weighted by Gasteiger charge is 2.23. The number of ether oxygens (including phenoxy) is 1. The third kappa shape index (κ3) is 5.74. The van der Waals surface area contributed by atoms with Gasteiger partial charge in [-0.05, 0) is 42.3 Å². The first-order valence-electron chi connectivity index (χ1n) is 9.11. The van der Waals surface area contributed by atoms with E-state index in [-0.39, 0.29) is 22.8 Å². The van der Waals surface area contributed by atoms with E-state index in [0.717, 1.165) is 0 Å². The van der Waals surface area contributed by atoms with E-state index in [1.165, 1.54) is 28.6 Å². The SMILES string of the molecule is CCN(CC)S(=O)(=O)c1ccc(C)c(C(=O)NCc2ccc(OC(F)F)cc2)c1. The molecule has 0 saturated heterocycles. The van der Waals surface area contributed by atoms with Gasteiger partial charge >= 0.3 is 6.61 Å². The highest BCUT2D eigenvalue weighted by Crippen LogP contribution is 2.20. The van der Waals surface area contributed by atoms with Gasteiger partial charge in [0.2, 0.25) is 10.0 Å². The zero-order chi connectivity index (χ0) is 21.6. The largest absolute Gasteiger partial charge is 0.435 e. The number of alkyl halides is 2. The van der Waals surface area contributed by atoms with E-state index in [1.54, 1.807) is 39.0 Å². The number of hydrogen-bond donors (Lipinski definition) is 1. The molecule has 0 aliphatic heterocycles. The predicted molar refractivity (Wildman–Crippen MR) is 106 cm³/mol. The van der Waals surface area contributed by atoms with Gasteiger partial charge in [0.25, 0.3) is 5.91 Å². The Bertz CT molecular complexity index is 943. The van der Waals surface area contributed by atoms with E-state index in [2.05, 4.69) is 10.1 Å². The quantitative estimate of drug-likeness (QED) is 0.665. The van der Waals surface area contributed by atoms with Gasteiger partial charge in [-0.2, -0.15) is 13.1 Å². The topological polar surface area (TPSA) is 75.7 Å². The second-order valence-corrected chi connectivity index (χ2v) is 8.21. The van der Waals surface area contributed by atoms with Crippen molar-refractivity contribution in [1.29, 1.82) is 0 Å². The molecule has 0 aliphatic carbocycles. The average Bonchev–Trinajstić information content (AvgIpc) is 2.67. The molecular weight excluding hydrogens is 402 g/mol. The first-order valence-corrected chi connectivity index (χ1v) is 10.6. The summed E-state index contributed by atoms with van der Waals surface area (Å²) in [5.41, 5.74) is 1.59. The molecule has 29 heavy (non-hydrogen) atoms. The van der Waals surface area contributed by atoms with Crippen LogP contribution in [0, 0.1) is 6.92 Å². The van der Waals surface area contributed by atoms with Gasteiger partial charge in [0.05, 0.1) is 4.90 Å². The molecule has 0 saturated carbocycles. The molecule has 0 atom stereocenters. The summed E-state index contributed by atoms with van der Waals surface area (Å²) in [6.45, 7) is 3.14. The molecule has 2 rings (SSSR count). The first kappa shape index (κ1) is 22.8. The zero-order valence-electron chi connectivity index (χ0n) is 16.5. The minimum atomic E-state index is -3.68. The van der Waals surface area contributed by atoms with Gasteiger partial charge in [-0.1, -0.05) is 32.0 Å². The Hall–Kier alpha value is -2.52. The summed E-state index contributed by atoms with van der Waals surface area (Å²) in [7, 11) is -3.68. The second-order valence-electron chi connectivity index (χ2n) is 6.27. The number of sulfonamides is 1. The van der Waals surface area contributed by atoms with Crippen molar-refractivity contribution < 1.29 is 26.7 Å². The number of benzene rings is 2.